The molecule has 6 heteroatoms. The largest absolute Gasteiger partial charge is 0.416 e. The van der Waals surface area contributed by atoms with Gasteiger partial charge in [0.1, 0.15) is 17.5 Å². The molecule has 1 aromatic carbocycles. The van der Waals surface area contributed by atoms with Crippen LogP contribution in [0.4, 0.5) is 13.2 Å². The van der Waals surface area contributed by atoms with E-state index in [9.17, 15) is 18.0 Å². The van der Waals surface area contributed by atoms with E-state index in [1.54, 1.807) is 12.2 Å². The van der Waals surface area contributed by atoms with E-state index < -0.39 is 17.3 Å². The quantitative estimate of drug-likeness (QED) is 0.748. The van der Waals surface area contributed by atoms with Gasteiger partial charge in [0.05, 0.1) is 5.56 Å². The van der Waals surface area contributed by atoms with Gasteiger partial charge >= 0.3 is 6.18 Å². The van der Waals surface area contributed by atoms with Crippen molar-refractivity contribution in [1.82, 2.24) is 0 Å². The molecule has 2 fully saturated rings. The van der Waals surface area contributed by atoms with Crippen LogP contribution in [0.3, 0.4) is 0 Å². The van der Waals surface area contributed by atoms with Crippen LogP contribution in [0.15, 0.2) is 30.3 Å². The number of benzene rings is 1. The Morgan fingerprint density at radius 1 is 1.25 bits per heavy atom. The summed E-state index contributed by atoms with van der Waals surface area (Å²) in [5, 5.41) is 0. The summed E-state index contributed by atoms with van der Waals surface area (Å²) >= 11 is 0. The lowest BCUT2D eigenvalue weighted by atomic mass is 9.71. The molecule has 0 radical (unpaired) electrons. The lowest BCUT2D eigenvalue weighted by Crippen LogP contribution is -2.51. The molecule has 1 heterocycles. The smallest absolute Gasteiger partial charge is 0.299 e. The third-order valence-electron chi connectivity index (χ3n) is 5.04. The Morgan fingerprint density at radius 2 is 1.92 bits per heavy atom. The molecule has 1 unspecified atom stereocenters. The van der Waals surface area contributed by atoms with Gasteiger partial charge in [0, 0.05) is 18.3 Å². The van der Waals surface area contributed by atoms with Crippen molar-refractivity contribution in [3.8, 4) is 0 Å². The van der Waals surface area contributed by atoms with Gasteiger partial charge < -0.3 is 0 Å². The van der Waals surface area contributed by atoms with Crippen LogP contribution in [-0.2, 0) is 20.7 Å². The zero-order valence-corrected chi connectivity index (χ0v) is 13.5. The number of carbonyl (C=O) groups is 1. The summed E-state index contributed by atoms with van der Waals surface area (Å²) in [5.74, 6) is 0.00375. The average molecular weight is 340 g/mol. The van der Waals surface area contributed by atoms with Crippen molar-refractivity contribution in [2.24, 2.45) is 11.8 Å². The highest BCUT2D eigenvalue weighted by molar-refractivity contribution is 5.82. The summed E-state index contributed by atoms with van der Waals surface area (Å²) in [4.78, 5) is 22.9. The number of hydrogen-bond donors (Lipinski definition) is 0. The summed E-state index contributed by atoms with van der Waals surface area (Å²) in [6.45, 7) is 3.67. The Kier molecular flexibility index (Phi) is 4.30. The van der Waals surface area contributed by atoms with Crippen molar-refractivity contribution in [3.63, 3.8) is 0 Å². The Morgan fingerprint density at radius 3 is 2.54 bits per heavy atom. The zero-order valence-electron chi connectivity index (χ0n) is 13.5. The van der Waals surface area contributed by atoms with Crippen LogP contribution in [0.1, 0.15) is 37.8 Å². The molecule has 2 aliphatic rings. The molecular formula is C18H19F3O3. The minimum atomic E-state index is -4.34. The first-order valence-corrected chi connectivity index (χ1v) is 7.93. The fourth-order valence-corrected chi connectivity index (χ4v) is 3.21. The van der Waals surface area contributed by atoms with E-state index in [0.29, 0.717) is 12.0 Å². The number of halogens is 3. The van der Waals surface area contributed by atoms with Crippen LogP contribution in [-0.4, -0.2) is 17.5 Å². The van der Waals surface area contributed by atoms with Crippen molar-refractivity contribution < 1.29 is 27.7 Å². The van der Waals surface area contributed by atoms with Gasteiger partial charge in [0.2, 0.25) is 0 Å². The van der Waals surface area contributed by atoms with Crippen molar-refractivity contribution in [3.05, 3.63) is 41.5 Å². The lowest BCUT2D eigenvalue weighted by molar-refractivity contribution is -0.415. The highest BCUT2D eigenvalue weighted by Gasteiger charge is 2.48. The lowest BCUT2D eigenvalue weighted by Gasteiger charge is -2.45. The predicted octanol–water partition coefficient (Wildman–Crippen LogP) is 4.42. The van der Waals surface area contributed by atoms with Crippen LogP contribution >= 0.6 is 0 Å². The van der Waals surface area contributed by atoms with E-state index in [1.807, 2.05) is 13.8 Å². The number of carbonyl (C=O) groups excluding carboxylic acids is 1. The third-order valence-corrected chi connectivity index (χ3v) is 5.04. The van der Waals surface area contributed by atoms with Gasteiger partial charge in [-0.1, -0.05) is 25.1 Å². The highest BCUT2D eigenvalue weighted by Crippen LogP contribution is 2.43. The topological polar surface area (TPSA) is 35.5 Å². The molecule has 130 valence electrons. The molecule has 3 rings (SSSR count). The van der Waals surface area contributed by atoms with Gasteiger partial charge in [0.15, 0.2) is 0 Å². The first-order chi connectivity index (χ1) is 11.2. The van der Waals surface area contributed by atoms with E-state index >= 15 is 0 Å². The molecule has 1 aromatic rings. The molecule has 2 bridgehead atoms. The SMILES string of the molecule is C[C@H]1C(=O)CC2C[C@H]1OO[C@@]2(C)/C=C/c1ccc(C(F)(F)F)cc1. The predicted molar refractivity (Wildman–Crippen MR) is 81.7 cm³/mol. The summed E-state index contributed by atoms with van der Waals surface area (Å²) < 4.78 is 37.7. The normalized spacial score (nSPS) is 33.9. The highest BCUT2D eigenvalue weighted by atomic mass is 19.4. The molecule has 0 N–H and O–H groups in total. The second-order valence-electron chi connectivity index (χ2n) is 6.75. The Hall–Kier alpha value is -1.66. The van der Waals surface area contributed by atoms with Gasteiger partial charge in [-0.05, 0) is 37.1 Å². The molecule has 0 spiro atoms. The standard InChI is InChI=1S/C18H19F3O3/c1-11-15(22)9-14-10-16(11)23-24-17(14,2)8-7-12-3-5-13(6-4-12)18(19,20)21/h3-8,11,14,16H,9-10H2,1-2H3/b8-7+/t11-,14?,16+,17-/m0/s1. The fourth-order valence-electron chi connectivity index (χ4n) is 3.21. The molecule has 4 atom stereocenters. The molecule has 1 saturated heterocycles. The zero-order chi connectivity index (χ0) is 17.5. The average Bonchev–Trinajstić information content (AvgIpc) is 2.53. The van der Waals surface area contributed by atoms with Gasteiger partial charge in [-0.15, -0.1) is 0 Å². The van der Waals surface area contributed by atoms with Gasteiger partial charge in [-0.2, -0.15) is 13.2 Å². The van der Waals surface area contributed by atoms with Crippen molar-refractivity contribution in [1.29, 1.82) is 0 Å². The summed E-state index contributed by atoms with van der Waals surface area (Å²) in [6, 6.07) is 4.90. The van der Waals surface area contributed by atoms with Gasteiger partial charge in [0.25, 0.3) is 0 Å². The number of fused-ring (bicyclic) bond motifs is 2. The van der Waals surface area contributed by atoms with Gasteiger partial charge in [-0.3, -0.25) is 4.79 Å². The number of Topliss-reactive ketones (excluding diaryl/α,β-unsaturated/α-hetero) is 1. The van der Waals surface area contributed by atoms with Crippen molar-refractivity contribution in [2.75, 3.05) is 0 Å². The second-order valence-corrected chi connectivity index (χ2v) is 6.75. The Bertz CT molecular complexity index is 650. The maximum Gasteiger partial charge on any atom is 0.416 e. The number of alkyl halides is 3. The van der Waals surface area contributed by atoms with E-state index in [1.165, 1.54) is 12.1 Å². The van der Waals surface area contributed by atoms with Crippen LogP contribution in [0.5, 0.6) is 0 Å². The maximum atomic E-state index is 12.6. The van der Waals surface area contributed by atoms with Crippen molar-refractivity contribution >= 4 is 11.9 Å². The van der Waals surface area contributed by atoms with Crippen LogP contribution in [0.25, 0.3) is 6.08 Å². The van der Waals surface area contributed by atoms with Gasteiger partial charge in [-0.25, -0.2) is 9.78 Å². The Balaban J connectivity index is 1.75. The molecule has 1 aliphatic heterocycles. The minimum absolute atomic E-state index is 0.00523. The monoisotopic (exact) mass is 340 g/mol. The molecule has 1 aliphatic carbocycles. The number of ketones is 1. The molecule has 3 nitrogen and oxygen atoms in total. The summed E-state index contributed by atoms with van der Waals surface area (Å²) in [6.07, 6.45) is 0.0635. The van der Waals surface area contributed by atoms with Crippen LogP contribution in [0.2, 0.25) is 0 Å². The van der Waals surface area contributed by atoms with Crippen molar-refractivity contribution in [2.45, 2.75) is 44.6 Å². The van der Waals surface area contributed by atoms with Crippen LogP contribution < -0.4 is 0 Å². The van der Waals surface area contributed by atoms with E-state index in [4.69, 9.17) is 9.78 Å². The minimum Gasteiger partial charge on any atom is -0.299 e. The van der Waals surface area contributed by atoms with Crippen LogP contribution in [0, 0.1) is 11.8 Å². The third kappa shape index (κ3) is 3.26. The maximum absolute atomic E-state index is 12.6. The molecule has 0 aromatic heterocycles. The fraction of sp³-hybridized carbons (Fsp3) is 0.500. The molecule has 1 saturated carbocycles. The summed E-state index contributed by atoms with van der Waals surface area (Å²) in [5.41, 5.74) is -0.821. The summed E-state index contributed by atoms with van der Waals surface area (Å²) in [7, 11) is 0. The second kappa shape index (κ2) is 6.01. The first-order valence-electron chi connectivity index (χ1n) is 7.93. The molecular weight excluding hydrogens is 321 g/mol. The Labute approximate surface area is 138 Å². The number of rotatable bonds is 2. The van der Waals surface area contributed by atoms with E-state index in [2.05, 4.69) is 0 Å². The first kappa shape index (κ1) is 17.2. The van der Waals surface area contributed by atoms with E-state index in [0.717, 1.165) is 18.6 Å². The molecule has 0 amide bonds. The van der Waals surface area contributed by atoms with E-state index in [-0.39, 0.29) is 23.7 Å². The number of hydrogen-bond acceptors (Lipinski definition) is 3. The molecule has 24 heavy (non-hydrogen) atoms.